The molecule has 0 saturated carbocycles. The van der Waals surface area contributed by atoms with Gasteiger partial charge in [0.05, 0.1) is 42.2 Å². The highest BCUT2D eigenvalue weighted by atomic mass is 32.1. The molecule has 2 aromatic heterocycles. The van der Waals surface area contributed by atoms with Crippen LogP contribution >= 0.6 is 11.3 Å². The molecule has 0 atom stereocenters. The van der Waals surface area contributed by atoms with Gasteiger partial charge in [0, 0.05) is 12.1 Å². The Labute approximate surface area is 176 Å². The molecule has 3 rings (SSSR count). The molecule has 0 unspecified atom stereocenters. The second-order valence-electron chi connectivity index (χ2n) is 6.37. The summed E-state index contributed by atoms with van der Waals surface area (Å²) < 4.78 is 16.0. The SMILES string of the molecule is COc1cc(CCNC(=O)Cc2nc(-c3cccs3)oc2C)c([N+](=O)[O-])cc1OC. The van der Waals surface area contributed by atoms with Gasteiger partial charge in [-0.1, -0.05) is 6.07 Å². The van der Waals surface area contributed by atoms with E-state index >= 15 is 0 Å². The average Bonchev–Trinajstić information content (AvgIpc) is 3.37. The number of nitrogens with one attached hydrogen (secondary N) is 1. The molecule has 0 fully saturated rings. The lowest BCUT2D eigenvalue weighted by molar-refractivity contribution is -0.385. The first-order valence-electron chi connectivity index (χ1n) is 9.09. The number of hydrogen-bond acceptors (Lipinski definition) is 8. The molecular weight excluding hydrogens is 410 g/mol. The van der Waals surface area contributed by atoms with Crippen molar-refractivity contribution in [2.24, 2.45) is 0 Å². The van der Waals surface area contributed by atoms with Gasteiger partial charge in [0.25, 0.3) is 5.69 Å². The highest BCUT2D eigenvalue weighted by molar-refractivity contribution is 7.13. The van der Waals surface area contributed by atoms with Crippen LogP contribution in [0, 0.1) is 17.0 Å². The van der Waals surface area contributed by atoms with E-state index in [9.17, 15) is 14.9 Å². The number of carbonyl (C=O) groups excluding carboxylic acids is 1. The normalized spacial score (nSPS) is 10.6. The summed E-state index contributed by atoms with van der Waals surface area (Å²) in [7, 11) is 2.87. The molecule has 30 heavy (non-hydrogen) atoms. The monoisotopic (exact) mass is 431 g/mol. The third-order valence-electron chi connectivity index (χ3n) is 4.45. The van der Waals surface area contributed by atoms with Gasteiger partial charge in [-0.15, -0.1) is 11.3 Å². The van der Waals surface area contributed by atoms with E-state index in [1.807, 2.05) is 17.5 Å². The van der Waals surface area contributed by atoms with Crippen LogP contribution in [0.1, 0.15) is 17.0 Å². The fourth-order valence-corrected chi connectivity index (χ4v) is 3.58. The molecule has 1 aromatic carbocycles. The maximum absolute atomic E-state index is 12.3. The average molecular weight is 431 g/mol. The lowest BCUT2D eigenvalue weighted by Gasteiger charge is -2.11. The summed E-state index contributed by atoms with van der Waals surface area (Å²) in [6, 6.07) is 6.67. The van der Waals surface area contributed by atoms with Crippen molar-refractivity contribution < 1.29 is 23.6 Å². The zero-order chi connectivity index (χ0) is 21.7. The molecule has 0 aliphatic heterocycles. The summed E-state index contributed by atoms with van der Waals surface area (Å²) >= 11 is 1.51. The van der Waals surface area contributed by atoms with Crippen molar-refractivity contribution in [3.05, 3.63) is 56.8 Å². The van der Waals surface area contributed by atoms with E-state index in [0.29, 0.717) is 28.7 Å². The van der Waals surface area contributed by atoms with E-state index in [1.165, 1.54) is 31.6 Å². The van der Waals surface area contributed by atoms with Crippen LogP contribution in [0.2, 0.25) is 0 Å². The van der Waals surface area contributed by atoms with E-state index in [4.69, 9.17) is 13.9 Å². The molecule has 0 aliphatic carbocycles. The molecule has 0 saturated heterocycles. The molecule has 1 N–H and O–H groups in total. The molecule has 1 amide bonds. The minimum Gasteiger partial charge on any atom is -0.493 e. The number of carbonyl (C=O) groups is 1. The molecule has 10 heteroatoms. The number of rotatable bonds is 9. The number of oxazole rings is 1. The van der Waals surface area contributed by atoms with Crippen LogP contribution in [0.25, 0.3) is 10.8 Å². The summed E-state index contributed by atoms with van der Waals surface area (Å²) in [4.78, 5) is 28.5. The molecule has 0 spiro atoms. The third-order valence-corrected chi connectivity index (χ3v) is 5.31. The van der Waals surface area contributed by atoms with E-state index in [1.54, 1.807) is 13.0 Å². The van der Waals surface area contributed by atoms with Crippen LogP contribution in [-0.4, -0.2) is 36.6 Å². The number of nitro groups is 1. The van der Waals surface area contributed by atoms with Gasteiger partial charge >= 0.3 is 0 Å². The number of thiophene rings is 1. The van der Waals surface area contributed by atoms with Crippen LogP contribution in [0.15, 0.2) is 34.1 Å². The van der Waals surface area contributed by atoms with Gasteiger partial charge in [-0.3, -0.25) is 14.9 Å². The topological polar surface area (TPSA) is 117 Å². The van der Waals surface area contributed by atoms with Crippen LogP contribution in [0.4, 0.5) is 5.69 Å². The van der Waals surface area contributed by atoms with Crippen molar-refractivity contribution in [3.63, 3.8) is 0 Å². The van der Waals surface area contributed by atoms with E-state index in [-0.39, 0.29) is 36.7 Å². The van der Waals surface area contributed by atoms with Crippen molar-refractivity contribution in [2.75, 3.05) is 20.8 Å². The smallest absolute Gasteiger partial charge is 0.276 e. The first kappa shape index (κ1) is 21.3. The van der Waals surface area contributed by atoms with Crippen molar-refractivity contribution in [3.8, 4) is 22.3 Å². The fourth-order valence-electron chi connectivity index (χ4n) is 2.93. The lowest BCUT2D eigenvalue weighted by Crippen LogP contribution is -2.27. The number of ether oxygens (including phenoxy) is 2. The predicted octanol–water partition coefficient (Wildman–Crippen LogP) is 3.54. The lowest BCUT2D eigenvalue weighted by atomic mass is 10.1. The number of amides is 1. The van der Waals surface area contributed by atoms with E-state index in [0.717, 1.165) is 4.88 Å². The van der Waals surface area contributed by atoms with Crippen molar-refractivity contribution >= 4 is 22.9 Å². The first-order chi connectivity index (χ1) is 14.4. The molecule has 3 aromatic rings. The number of methoxy groups -OCH3 is 2. The quantitative estimate of drug-likeness (QED) is 0.407. The highest BCUT2D eigenvalue weighted by Crippen LogP contribution is 2.34. The van der Waals surface area contributed by atoms with Gasteiger partial charge in [-0.2, -0.15) is 0 Å². The molecule has 0 radical (unpaired) electrons. The van der Waals surface area contributed by atoms with Gasteiger partial charge in [0.15, 0.2) is 11.5 Å². The standard InChI is InChI=1S/C20H21N3O6S/c1-12-14(22-20(29-12)18-5-4-8-30-18)10-19(24)21-7-6-13-9-16(27-2)17(28-3)11-15(13)23(25)26/h4-5,8-9,11H,6-7,10H2,1-3H3,(H,21,24). The summed E-state index contributed by atoms with van der Waals surface area (Å²) in [5.74, 6) is 1.51. The summed E-state index contributed by atoms with van der Waals surface area (Å²) in [5.41, 5.74) is 0.915. The van der Waals surface area contributed by atoms with Gasteiger partial charge in [-0.25, -0.2) is 4.98 Å². The summed E-state index contributed by atoms with van der Waals surface area (Å²) in [6.45, 7) is 1.99. The largest absolute Gasteiger partial charge is 0.493 e. The van der Waals surface area contributed by atoms with Crippen molar-refractivity contribution in [1.29, 1.82) is 0 Å². The molecule has 0 bridgehead atoms. The summed E-state index contributed by atoms with van der Waals surface area (Å²) in [5, 5.41) is 16.1. The maximum atomic E-state index is 12.3. The van der Waals surface area contributed by atoms with Crippen LogP contribution in [-0.2, 0) is 17.6 Å². The third kappa shape index (κ3) is 4.77. The number of benzene rings is 1. The summed E-state index contributed by atoms with van der Waals surface area (Å²) in [6.07, 6.45) is 0.329. The molecule has 2 heterocycles. The zero-order valence-electron chi connectivity index (χ0n) is 16.8. The number of aromatic nitrogens is 1. The van der Waals surface area contributed by atoms with E-state index < -0.39 is 4.92 Å². The minimum absolute atomic E-state index is 0.0642. The van der Waals surface area contributed by atoms with E-state index in [2.05, 4.69) is 10.3 Å². The maximum Gasteiger partial charge on any atom is 0.276 e. The highest BCUT2D eigenvalue weighted by Gasteiger charge is 2.20. The zero-order valence-corrected chi connectivity index (χ0v) is 17.6. The Morgan fingerprint density at radius 2 is 2.03 bits per heavy atom. The number of aryl methyl sites for hydroxylation is 1. The Bertz CT molecular complexity index is 1050. The van der Waals surface area contributed by atoms with Crippen LogP contribution in [0.3, 0.4) is 0 Å². The number of nitrogens with zero attached hydrogens (tertiary/aromatic N) is 2. The van der Waals surface area contributed by atoms with Crippen molar-refractivity contribution in [2.45, 2.75) is 19.8 Å². The van der Waals surface area contributed by atoms with Gasteiger partial charge in [0.1, 0.15) is 5.76 Å². The molecule has 0 aliphatic rings. The Kier molecular flexibility index (Phi) is 6.68. The van der Waals surface area contributed by atoms with Gasteiger partial charge in [0.2, 0.25) is 11.8 Å². The Hall–Kier alpha value is -3.40. The minimum atomic E-state index is -0.482. The molecule has 9 nitrogen and oxygen atoms in total. The Balaban J connectivity index is 1.63. The second kappa shape index (κ2) is 9.40. The number of hydrogen-bond donors (Lipinski definition) is 1. The predicted molar refractivity (Wildman–Crippen MR) is 111 cm³/mol. The molecule has 158 valence electrons. The number of nitro benzene ring substituents is 1. The molecular formula is C20H21N3O6S. The van der Waals surface area contributed by atoms with Crippen LogP contribution < -0.4 is 14.8 Å². The van der Waals surface area contributed by atoms with Gasteiger partial charge < -0.3 is 19.2 Å². The Morgan fingerprint density at radius 1 is 1.30 bits per heavy atom. The fraction of sp³-hybridized carbons (Fsp3) is 0.300. The van der Waals surface area contributed by atoms with Crippen molar-refractivity contribution in [1.82, 2.24) is 10.3 Å². The Morgan fingerprint density at radius 3 is 2.67 bits per heavy atom. The first-order valence-corrected chi connectivity index (χ1v) is 9.97. The van der Waals surface area contributed by atoms with Crippen LogP contribution in [0.5, 0.6) is 11.5 Å². The van der Waals surface area contributed by atoms with Gasteiger partial charge in [-0.05, 0) is 30.9 Å². The second-order valence-corrected chi connectivity index (χ2v) is 7.32.